The minimum atomic E-state index is -1.01. The Morgan fingerprint density at radius 3 is 2.48 bits per heavy atom. The largest absolute Gasteiger partial charge is 0.389 e. The molecule has 8 heteroatoms. The van der Waals surface area contributed by atoms with E-state index in [0.29, 0.717) is 6.42 Å². The Hall–Kier alpha value is -1.93. The van der Waals surface area contributed by atoms with Crippen molar-refractivity contribution in [3.05, 3.63) is 12.2 Å². The lowest BCUT2D eigenvalue weighted by molar-refractivity contribution is -0.134. The SMILES string of the molecule is CC(C)C[C@@H](NC(=O)C1CC(O)C=CC1O)C(=O)NCC(N)=O. The Morgan fingerprint density at radius 1 is 1.26 bits per heavy atom. The van der Waals surface area contributed by atoms with Crippen molar-refractivity contribution in [2.24, 2.45) is 17.6 Å². The molecule has 0 heterocycles. The minimum absolute atomic E-state index is 0.0841. The van der Waals surface area contributed by atoms with Gasteiger partial charge in [0.05, 0.1) is 24.7 Å². The maximum atomic E-state index is 12.3. The lowest BCUT2D eigenvalue weighted by atomic mass is 9.88. The standard InChI is InChI=1S/C15H25N3O5/c1-8(2)5-11(15(23)17-7-13(16)21)18-14(22)10-6-9(19)3-4-12(10)20/h3-4,8-12,19-20H,5-7H2,1-2H3,(H2,16,21)(H,17,23)(H,18,22)/t9?,10?,11-,12?/m1/s1. The molecular formula is C15H25N3O5. The number of carbonyl (C=O) groups excluding carboxylic acids is 3. The monoisotopic (exact) mass is 327 g/mol. The lowest BCUT2D eigenvalue weighted by Crippen LogP contribution is -2.52. The van der Waals surface area contributed by atoms with E-state index in [1.165, 1.54) is 12.2 Å². The molecule has 3 amide bonds. The highest BCUT2D eigenvalue weighted by molar-refractivity contribution is 5.91. The van der Waals surface area contributed by atoms with Gasteiger partial charge in [0.2, 0.25) is 17.7 Å². The van der Waals surface area contributed by atoms with Crippen LogP contribution in [0.15, 0.2) is 12.2 Å². The summed E-state index contributed by atoms with van der Waals surface area (Å²) in [6.45, 7) is 3.47. The van der Waals surface area contributed by atoms with Gasteiger partial charge in [-0.05, 0) is 18.8 Å². The third-order valence-electron chi connectivity index (χ3n) is 3.55. The van der Waals surface area contributed by atoms with Gasteiger partial charge in [-0.3, -0.25) is 14.4 Å². The van der Waals surface area contributed by atoms with Gasteiger partial charge in [-0.15, -0.1) is 0 Å². The summed E-state index contributed by atoms with van der Waals surface area (Å²) in [5.74, 6) is -2.40. The predicted molar refractivity (Wildman–Crippen MR) is 82.9 cm³/mol. The van der Waals surface area contributed by atoms with Gasteiger partial charge >= 0.3 is 0 Å². The second-order valence-electron chi connectivity index (χ2n) is 6.16. The van der Waals surface area contributed by atoms with Crippen molar-refractivity contribution < 1.29 is 24.6 Å². The molecule has 1 rings (SSSR count). The van der Waals surface area contributed by atoms with Crippen LogP contribution in [0, 0.1) is 11.8 Å². The van der Waals surface area contributed by atoms with Gasteiger partial charge in [-0.25, -0.2) is 0 Å². The van der Waals surface area contributed by atoms with E-state index in [9.17, 15) is 24.6 Å². The molecule has 130 valence electrons. The summed E-state index contributed by atoms with van der Waals surface area (Å²) in [6, 6.07) is -0.836. The second-order valence-corrected chi connectivity index (χ2v) is 6.16. The van der Waals surface area contributed by atoms with Crippen LogP contribution in [0.1, 0.15) is 26.7 Å². The van der Waals surface area contributed by atoms with E-state index >= 15 is 0 Å². The summed E-state index contributed by atoms with van der Waals surface area (Å²) >= 11 is 0. The third-order valence-corrected chi connectivity index (χ3v) is 3.55. The molecule has 1 aliphatic rings. The quantitative estimate of drug-likeness (QED) is 0.359. The maximum Gasteiger partial charge on any atom is 0.243 e. The Labute approximate surface area is 135 Å². The summed E-state index contributed by atoms with van der Waals surface area (Å²) in [7, 11) is 0. The van der Waals surface area contributed by atoms with Gasteiger partial charge in [0.15, 0.2) is 0 Å². The van der Waals surface area contributed by atoms with Crippen LogP contribution in [0.25, 0.3) is 0 Å². The molecule has 0 aromatic rings. The number of aliphatic hydroxyl groups excluding tert-OH is 2. The average molecular weight is 327 g/mol. The molecule has 6 N–H and O–H groups in total. The predicted octanol–water partition coefficient (Wildman–Crippen LogP) is -1.58. The molecule has 0 radical (unpaired) electrons. The first-order valence-electron chi connectivity index (χ1n) is 7.61. The van der Waals surface area contributed by atoms with Crippen molar-refractivity contribution in [2.75, 3.05) is 6.54 Å². The zero-order valence-electron chi connectivity index (χ0n) is 13.4. The highest BCUT2D eigenvalue weighted by Gasteiger charge is 2.33. The van der Waals surface area contributed by atoms with Gasteiger partial charge in [-0.2, -0.15) is 0 Å². The number of nitrogens with two attached hydrogens (primary N) is 1. The molecule has 0 fully saturated rings. The molecule has 1 aliphatic carbocycles. The summed E-state index contributed by atoms with van der Waals surface area (Å²) in [5, 5.41) is 24.4. The highest BCUT2D eigenvalue weighted by atomic mass is 16.3. The van der Waals surface area contributed by atoms with Crippen molar-refractivity contribution in [1.29, 1.82) is 0 Å². The minimum Gasteiger partial charge on any atom is -0.389 e. The molecule has 23 heavy (non-hydrogen) atoms. The zero-order valence-corrected chi connectivity index (χ0v) is 13.4. The molecule has 0 saturated carbocycles. The van der Waals surface area contributed by atoms with Gasteiger partial charge in [0.1, 0.15) is 6.04 Å². The number of rotatable bonds is 7. The highest BCUT2D eigenvalue weighted by Crippen LogP contribution is 2.20. The molecule has 8 nitrogen and oxygen atoms in total. The lowest BCUT2D eigenvalue weighted by Gasteiger charge is -2.28. The molecule has 0 saturated heterocycles. The van der Waals surface area contributed by atoms with Gasteiger partial charge in [0, 0.05) is 0 Å². The van der Waals surface area contributed by atoms with Crippen LogP contribution >= 0.6 is 0 Å². The molecule has 0 aromatic heterocycles. The summed E-state index contributed by atoms with van der Waals surface area (Å²) < 4.78 is 0. The number of amides is 3. The van der Waals surface area contributed by atoms with Crippen LogP contribution < -0.4 is 16.4 Å². The number of aliphatic hydroxyl groups is 2. The average Bonchev–Trinajstić information content (AvgIpc) is 2.45. The fourth-order valence-corrected chi connectivity index (χ4v) is 2.40. The molecule has 0 bridgehead atoms. The van der Waals surface area contributed by atoms with E-state index in [-0.39, 0.29) is 18.9 Å². The smallest absolute Gasteiger partial charge is 0.243 e. The molecule has 4 atom stereocenters. The number of primary amides is 1. The van der Waals surface area contributed by atoms with Gasteiger partial charge < -0.3 is 26.6 Å². The Kier molecular flexibility index (Phi) is 7.18. The van der Waals surface area contributed by atoms with Crippen molar-refractivity contribution in [1.82, 2.24) is 10.6 Å². The maximum absolute atomic E-state index is 12.3. The van der Waals surface area contributed by atoms with E-state index in [1.54, 1.807) is 0 Å². The first-order chi connectivity index (χ1) is 10.7. The molecule has 3 unspecified atom stereocenters. The second kappa shape index (κ2) is 8.64. The van der Waals surface area contributed by atoms with Crippen molar-refractivity contribution in [3.63, 3.8) is 0 Å². The van der Waals surface area contributed by atoms with Crippen LogP contribution in [-0.2, 0) is 14.4 Å². The topological polar surface area (TPSA) is 142 Å². The van der Waals surface area contributed by atoms with Crippen LogP contribution in [0.5, 0.6) is 0 Å². The number of nitrogens with one attached hydrogen (secondary N) is 2. The Balaban J connectivity index is 2.72. The number of hydrogen-bond acceptors (Lipinski definition) is 5. The molecule has 0 aromatic carbocycles. The fourth-order valence-electron chi connectivity index (χ4n) is 2.40. The van der Waals surface area contributed by atoms with E-state index in [2.05, 4.69) is 10.6 Å². The summed E-state index contributed by atoms with van der Waals surface area (Å²) in [6.07, 6.45) is 1.44. The Morgan fingerprint density at radius 2 is 1.91 bits per heavy atom. The first kappa shape index (κ1) is 19.1. The zero-order chi connectivity index (χ0) is 17.6. The molecular weight excluding hydrogens is 302 g/mol. The fraction of sp³-hybridized carbons (Fsp3) is 0.667. The summed E-state index contributed by atoms with van der Waals surface area (Å²) in [5.41, 5.74) is 4.98. The number of hydrogen-bond donors (Lipinski definition) is 5. The van der Waals surface area contributed by atoms with E-state index < -0.39 is 41.9 Å². The van der Waals surface area contributed by atoms with Crippen LogP contribution in [0.3, 0.4) is 0 Å². The van der Waals surface area contributed by atoms with Crippen molar-refractivity contribution in [3.8, 4) is 0 Å². The van der Waals surface area contributed by atoms with Crippen molar-refractivity contribution in [2.45, 2.75) is 44.9 Å². The van der Waals surface area contributed by atoms with Crippen molar-refractivity contribution >= 4 is 17.7 Å². The molecule has 0 aliphatic heterocycles. The number of carbonyl (C=O) groups is 3. The van der Waals surface area contributed by atoms with E-state index in [4.69, 9.17) is 5.73 Å². The first-order valence-corrected chi connectivity index (χ1v) is 7.61. The van der Waals surface area contributed by atoms with Crippen LogP contribution in [0.2, 0.25) is 0 Å². The third kappa shape index (κ3) is 6.37. The van der Waals surface area contributed by atoms with E-state index in [1.807, 2.05) is 13.8 Å². The van der Waals surface area contributed by atoms with Gasteiger partial charge in [0.25, 0.3) is 0 Å². The van der Waals surface area contributed by atoms with Crippen LogP contribution in [-0.4, -0.2) is 52.7 Å². The summed E-state index contributed by atoms with van der Waals surface area (Å²) in [4.78, 5) is 35.1. The normalized spacial score (nSPS) is 25.0. The Bertz CT molecular complexity index is 478. The molecule has 0 spiro atoms. The van der Waals surface area contributed by atoms with Crippen LogP contribution in [0.4, 0.5) is 0 Å². The van der Waals surface area contributed by atoms with Gasteiger partial charge in [-0.1, -0.05) is 26.0 Å². The van der Waals surface area contributed by atoms with E-state index in [0.717, 1.165) is 0 Å².